The Morgan fingerprint density at radius 3 is 2.69 bits per heavy atom. The second kappa shape index (κ2) is 5.84. The van der Waals surface area contributed by atoms with Crippen LogP contribution in [0.4, 0.5) is 0 Å². The van der Waals surface area contributed by atoms with Gasteiger partial charge in [-0.3, -0.25) is 4.79 Å². The van der Waals surface area contributed by atoms with Gasteiger partial charge in [0, 0.05) is 6.54 Å². The van der Waals surface area contributed by atoms with Crippen LogP contribution in [0.3, 0.4) is 0 Å². The quantitative estimate of drug-likeness (QED) is 0.513. The second-order valence-electron chi connectivity index (χ2n) is 3.88. The molecule has 1 rings (SSSR count). The van der Waals surface area contributed by atoms with Crippen LogP contribution < -0.4 is 0 Å². The molecule has 1 fully saturated rings. The number of nitrogens with zero attached hydrogens (tertiary/aromatic N) is 1. The van der Waals surface area contributed by atoms with Gasteiger partial charge < -0.3 is 14.4 Å². The first-order valence-corrected chi connectivity index (χ1v) is 5.69. The van der Waals surface area contributed by atoms with Crippen molar-refractivity contribution in [2.45, 2.75) is 39.3 Å². The van der Waals surface area contributed by atoms with Crippen molar-refractivity contribution >= 4 is 11.9 Å². The largest absolute Gasteiger partial charge is 0.459 e. The van der Waals surface area contributed by atoms with Crippen LogP contribution in [-0.4, -0.2) is 48.7 Å². The molecule has 0 aromatic rings. The maximum atomic E-state index is 11.8. The summed E-state index contributed by atoms with van der Waals surface area (Å²) in [6.07, 6.45) is 0.749. The maximum Gasteiger partial charge on any atom is 0.397 e. The number of hydrogen-bond acceptors (Lipinski definition) is 4. The Morgan fingerprint density at radius 1 is 1.44 bits per heavy atom. The fourth-order valence-corrected chi connectivity index (χ4v) is 1.74. The van der Waals surface area contributed by atoms with Crippen LogP contribution >= 0.6 is 0 Å². The van der Waals surface area contributed by atoms with Crippen LogP contribution in [0.25, 0.3) is 0 Å². The minimum Gasteiger partial charge on any atom is -0.459 e. The number of morpholine rings is 1. The Morgan fingerprint density at radius 2 is 2.12 bits per heavy atom. The molecule has 2 unspecified atom stereocenters. The molecule has 5 nitrogen and oxygen atoms in total. The molecule has 0 N–H and O–H groups in total. The highest BCUT2D eigenvalue weighted by Crippen LogP contribution is 2.14. The minimum absolute atomic E-state index is 0.0203. The molecule has 16 heavy (non-hydrogen) atoms. The van der Waals surface area contributed by atoms with E-state index in [1.54, 1.807) is 11.8 Å². The first-order chi connectivity index (χ1) is 7.60. The molecule has 1 aliphatic rings. The summed E-state index contributed by atoms with van der Waals surface area (Å²) in [6, 6.07) is -0.0203. The number of carbonyl (C=O) groups excluding carboxylic acids is 2. The van der Waals surface area contributed by atoms with E-state index in [0.29, 0.717) is 13.2 Å². The molecule has 0 aromatic carbocycles. The van der Waals surface area contributed by atoms with Crippen molar-refractivity contribution in [2.75, 3.05) is 19.8 Å². The third-order valence-corrected chi connectivity index (χ3v) is 2.65. The van der Waals surface area contributed by atoms with E-state index < -0.39 is 11.9 Å². The SMILES string of the molecule is CCOC(=O)C(=O)N1CC(C)OCC1CC. The molecule has 5 heteroatoms. The summed E-state index contributed by atoms with van der Waals surface area (Å²) in [7, 11) is 0. The molecule has 0 spiro atoms. The number of hydrogen-bond donors (Lipinski definition) is 0. The zero-order valence-corrected chi connectivity index (χ0v) is 10.1. The lowest BCUT2D eigenvalue weighted by molar-refractivity contribution is -0.166. The van der Waals surface area contributed by atoms with E-state index >= 15 is 0 Å². The van der Waals surface area contributed by atoms with Gasteiger partial charge in [-0.25, -0.2) is 4.79 Å². The lowest BCUT2D eigenvalue weighted by Gasteiger charge is -2.37. The third kappa shape index (κ3) is 2.95. The van der Waals surface area contributed by atoms with Crippen LogP contribution in [-0.2, 0) is 19.1 Å². The zero-order chi connectivity index (χ0) is 12.1. The van der Waals surface area contributed by atoms with Gasteiger partial charge in [0.25, 0.3) is 0 Å². The summed E-state index contributed by atoms with van der Waals surface area (Å²) >= 11 is 0. The number of amides is 1. The second-order valence-corrected chi connectivity index (χ2v) is 3.88. The summed E-state index contributed by atoms with van der Waals surface area (Å²) in [4.78, 5) is 24.7. The molecule has 1 saturated heterocycles. The van der Waals surface area contributed by atoms with Gasteiger partial charge >= 0.3 is 11.9 Å². The molecule has 0 bridgehead atoms. The van der Waals surface area contributed by atoms with E-state index in [4.69, 9.17) is 9.47 Å². The molecule has 0 aliphatic carbocycles. The predicted octanol–water partition coefficient (Wildman–Crippen LogP) is 0.575. The Hall–Kier alpha value is -1.10. The fourth-order valence-electron chi connectivity index (χ4n) is 1.74. The molecule has 0 radical (unpaired) electrons. The van der Waals surface area contributed by atoms with Crippen molar-refractivity contribution in [2.24, 2.45) is 0 Å². The Kier molecular flexibility index (Phi) is 4.73. The highest BCUT2D eigenvalue weighted by Gasteiger charge is 2.33. The molecular formula is C11H19NO4. The number of carbonyl (C=O) groups is 2. The van der Waals surface area contributed by atoms with E-state index in [1.807, 2.05) is 13.8 Å². The van der Waals surface area contributed by atoms with E-state index in [2.05, 4.69) is 0 Å². The Bertz CT molecular complexity index is 267. The molecule has 92 valence electrons. The number of esters is 1. The van der Waals surface area contributed by atoms with Crippen molar-refractivity contribution in [3.63, 3.8) is 0 Å². The van der Waals surface area contributed by atoms with Gasteiger partial charge in [0.15, 0.2) is 0 Å². The first-order valence-electron chi connectivity index (χ1n) is 5.69. The van der Waals surface area contributed by atoms with Gasteiger partial charge in [-0.05, 0) is 20.3 Å². The monoisotopic (exact) mass is 229 g/mol. The summed E-state index contributed by atoms with van der Waals surface area (Å²) in [6.45, 7) is 6.71. The number of rotatable bonds is 2. The summed E-state index contributed by atoms with van der Waals surface area (Å²) in [5.41, 5.74) is 0. The summed E-state index contributed by atoms with van der Waals surface area (Å²) < 4.78 is 10.2. The maximum absolute atomic E-state index is 11.8. The van der Waals surface area contributed by atoms with Crippen LogP contribution in [0.1, 0.15) is 27.2 Å². The van der Waals surface area contributed by atoms with Crippen molar-refractivity contribution in [1.29, 1.82) is 0 Å². The summed E-state index contributed by atoms with van der Waals surface area (Å²) in [5.74, 6) is -1.32. The fraction of sp³-hybridized carbons (Fsp3) is 0.818. The molecule has 0 saturated carbocycles. The predicted molar refractivity (Wildman–Crippen MR) is 57.8 cm³/mol. The third-order valence-electron chi connectivity index (χ3n) is 2.65. The molecule has 1 heterocycles. The number of ether oxygens (including phenoxy) is 2. The topological polar surface area (TPSA) is 55.8 Å². The van der Waals surface area contributed by atoms with Gasteiger partial charge in [-0.2, -0.15) is 0 Å². The smallest absolute Gasteiger partial charge is 0.397 e. The zero-order valence-electron chi connectivity index (χ0n) is 10.1. The average Bonchev–Trinajstić information content (AvgIpc) is 2.28. The Balaban J connectivity index is 2.66. The van der Waals surface area contributed by atoms with Gasteiger partial charge in [0.2, 0.25) is 0 Å². The normalized spacial score (nSPS) is 25.3. The van der Waals surface area contributed by atoms with Crippen molar-refractivity contribution in [3.8, 4) is 0 Å². The highest BCUT2D eigenvalue weighted by molar-refractivity contribution is 6.32. The minimum atomic E-state index is -0.768. The van der Waals surface area contributed by atoms with Crippen molar-refractivity contribution in [3.05, 3.63) is 0 Å². The van der Waals surface area contributed by atoms with Crippen LogP contribution in [0.5, 0.6) is 0 Å². The van der Waals surface area contributed by atoms with Crippen LogP contribution in [0.2, 0.25) is 0 Å². The summed E-state index contributed by atoms with van der Waals surface area (Å²) in [5, 5.41) is 0. The first kappa shape index (κ1) is 13.0. The Labute approximate surface area is 95.7 Å². The standard InChI is InChI=1S/C11H19NO4/c1-4-9-7-16-8(3)6-12(9)10(13)11(14)15-5-2/h8-9H,4-7H2,1-3H3. The van der Waals surface area contributed by atoms with Crippen LogP contribution in [0.15, 0.2) is 0 Å². The molecule has 1 amide bonds. The van der Waals surface area contributed by atoms with Crippen molar-refractivity contribution in [1.82, 2.24) is 4.90 Å². The van der Waals surface area contributed by atoms with Gasteiger partial charge in [-0.15, -0.1) is 0 Å². The van der Waals surface area contributed by atoms with Gasteiger partial charge in [0.05, 0.1) is 25.4 Å². The molecule has 2 atom stereocenters. The lowest BCUT2D eigenvalue weighted by Crippen LogP contribution is -2.53. The van der Waals surface area contributed by atoms with Crippen molar-refractivity contribution < 1.29 is 19.1 Å². The lowest BCUT2D eigenvalue weighted by atomic mass is 10.1. The van der Waals surface area contributed by atoms with Gasteiger partial charge in [-0.1, -0.05) is 6.92 Å². The van der Waals surface area contributed by atoms with E-state index in [1.165, 1.54) is 0 Å². The average molecular weight is 229 g/mol. The molecule has 0 aromatic heterocycles. The van der Waals surface area contributed by atoms with E-state index in [-0.39, 0.29) is 18.8 Å². The molecular weight excluding hydrogens is 210 g/mol. The van der Waals surface area contributed by atoms with E-state index in [9.17, 15) is 9.59 Å². The van der Waals surface area contributed by atoms with Crippen LogP contribution in [0, 0.1) is 0 Å². The molecule has 1 aliphatic heterocycles. The highest BCUT2D eigenvalue weighted by atomic mass is 16.5. The van der Waals surface area contributed by atoms with E-state index in [0.717, 1.165) is 6.42 Å². The van der Waals surface area contributed by atoms with Gasteiger partial charge in [0.1, 0.15) is 0 Å².